The summed E-state index contributed by atoms with van der Waals surface area (Å²) in [5, 5.41) is 12.5. The number of carbonyl (C=O) groups is 2. The fourth-order valence-corrected chi connectivity index (χ4v) is 3.01. The Morgan fingerprint density at radius 1 is 1.25 bits per heavy atom. The smallest absolute Gasteiger partial charge is 0.223 e. The van der Waals surface area contributed by atoms with Crippen molar-refractivity contribution in [2.75, 3.05) is 13.1 Å². The van der Waals surface area contributed by atoms with Crippen LogP contribution in [0.2, 0.25) is 0 Å². The molecule has 0 bridgehead atoms. The monoisotopic (exact) mass is 332 g/mol. The first-order valence-electron chi connectivity index (χ1n) is 8.62. The highest BCUT2D eigenvalue weighted by Crippen LogP contribution is 2.21. The van der Waals surface area contributed by atoms with Gasteiger partial charge in [-0.05, 0) is 39.2 Å². The summed E-state index contributed by atoms with van der Waals surface area (Å²) in [6.45, 7) is 7.11. The van der Waals surface area contributed by atoms with Gasteiger partial charge in [-0.3, -0.25) is 9.59 Å². The van der Waals surface area contributed by atoms with E-state index in [0.717, 1.165) is 11.1 Å². The summed E-state index contributed by atoms with van der Waals surface area (Å²) in [6, 6.07) is 8.06. The molecule has 5 heteroatoms. The normalized spacial score (nSPS) is 16.1. The largest absolute Gasteiger partial charge is 0.393 e. The number of aliphatic hydroxyl groups is 1. The summed E-state index contributed by atoms with van der Waals surface area (Å²) in [5.74, 6) is -0.127. The van der Waals surface area contributed by atoms with Gasteiger partial charge < -0.3 is 15.3 Å². The minimum absolute atomic E-state index is 0.00888. The van der Waals surface area contributed by atoms with Crippen LogP contribution in [0, 0.1) is 6.92 Å². The van der Waals surface area contributed by atoms with E-state index in [1.807, 2.05) is 39.0 Å². The van der Waals surface area contributed by atoms with Gasteiger partial charge >= 0.3 is 0 Å². The van der Waals surface area contributed by atoms with Crippen LogP contribution in [0.5, 0.6) is 0 Å². The molecule has 0 saturated carbocycles. The minimum atomic E-state index is -0.471. The van der Waals surface area contributed by atoms with Gasteiger partial charge in [0.15, 0.2) is 0 Å². The molecule has 132 valence electrons. The van der Waals surface area contributed by atoms with Crippen molar-refractivity contribution in [2.24, 2.45) is 0 Å². The molecule has 1 heterocycles. The molecule has 1 aliphatic heterocycles. The molecule has 2 amide bonds. The number of benzene rings is 1. The lowest BCUT2D eigenvalue weighted by molar-refractivity contribution is -0.135. The molecule has 1 aromatic rings. The topological polar surface area (TPSA) is 69.6 Å². The first-order chi connectivity index (χ1) is 11.3. The van der Waals surface area contributed by atoms with Crippen molar-refractivity contribution in [1.29, 1.82) is 0 Å². The number of likely N-dealkylation sites (tertiary alicyclic amines) is 1. The predicted molar refractivity (Wildman–Crippen MR) is 93.4 cm³/mol. The average Bonchev–Trinajstić information content (AvgIpc) is 2.53. The molecule has 24 heavy (non-hydrogen) atoms. The number of piperidine rings is 1. The molecule has 1 saturated heterocycles. The van der Waals surface area contributed by atoms with E-state index in [9.17, 15) is 14.7 Å². The third kappa shape index (κ3) is 5.06. The molecular weight excluding hydrogens is 304 g/mol. The van der Waals surface area contributed by atoms with Crippen LogP contribution in [0.1, 0.15) is 50.7 Å². The van der Waals surface area contributed by atoms with Crippen LogP contribution in [0.3, 0.4) is 0 Å². The Morgan fingerprint density at radius 2 is 1.92 bits per heavy atom. The Balaban J connectivity index is 1.83. The Bertz CT molecular complexity index is 590. The van der Waals surface area contributed by atoms with E-state index >= 15 is 0 Å². The molecule has 1 aromatic carbocycles. The summed E-state index contributed by atoms with van der Waals surface area (Å²) in [7, 11) is 0. The third-order valence-corrected chi connectivity index (χ3v) is 4.57. The highest BCUT2D eigenvalue weighted by atomic mass is 16.3. The van der Waals surface area contributed by atoms with Crippen LogP contribution in [-0.2, 0) is 15.1 Å². The first-order valence-corrected chi connectivity index (χ1v) is 8.62. The lowest BCUT2D eigenvalue weighted by atomic mass is 9.92. The number of aliphatic hydroxyl groups excluding tert-OH is 1. The van der Waals surface area contributed by atoms with Crippen LogP contribution >= 0.6 is 0 Å². The standard InChI is InChI=1S/C19H28N2O3/c1-14-5-4-6-15(13-14)19(2,3)20-17(23)7-8-18(24)21-11-9-16(22)10-12-21/h4-6,13,16,22H,7-12H2,1-3H3,(H,20,23). The van der Waals surface area contributed by atoms with Crippen molar-refractivity contribution >= 4 is 11.8 Å². The van der Waals surface area contributed by atoms with E-state index in [1.165, 1.54) is 0 Å². The fourth-order valence-electron chi connectivity index (χ4n) is 3.01. The van der Waals surface area contributed by atoms with E-state index in [-0.39, 0.29) is 30.8 Å². The van der Waals surface area contributed by atoms with E-state index in [4.69, 9.17) is 0 Å². The zero-order chi connectivity index (χ0) is 17.7. The molecule has 0 unspecified atom stereocenters. The van der Waals surface area contributed by atoms with Crippen molar-refractivity contribution in [1.82, 2.24) is 10.2 Å². The second kappa shape index (κ2) is 7.79. The molecule has 5 nitrogen and oxygen atoms in total. The van der Waals surface area contributed by atoms with Crippen molar-refractivity contribution < 1.29 is 14.7 Å². The van der Waals surface area contributed by atoms with E-state index in [2.05, 4.69) is 11.4 Å². The summed E-state index contributed by atoms with van der Waals surface area (Å²) in [4.78, 5) is 26.1. The fraction of sp³-hybridized carbons (Fsp3) is 0.579. The van der Waals surface area contributed by atoms with Gasteiger partial charge in [0.25, 0.3) is 0 Å². The average molecular weight is 332 g/mol. The highest BCUT2D eigenvalue weighted by molar-refractivity contribution is 5.84. The van der Waals surface area contributed by atoms with Gasteiger partial charge in [-0.1, -0.05) is 29.8 Å². The first kappa shape index (κ1) is 18.5. The molecule has 0 atom stereocenters. The Labute approximate surface area is 144 Å². The molecular formula is C19H28N2O3. The second-order valence-electron chi connectivity index (χ2n) is 7.15. The number of nitrogens with one attached hydrogen (secondary N) is 1. The highest BCUT2D eigenvalue weighted by Gasteiger charge is 2.25. The lowest BCUT2D eigenvalue weighted by Crippen LogP contribution is -2.43. The molecule has 0 radical (unpaired) electrons. The van der Waals surface area contributed by atoms with Crippen molar-refractivity contribution in [3.8, 4) is 0 Å². The molecule has 0 spiro atoms. The van der Waals surface area contributed by atoms with Gasteiger partial charge in [-0.15, -0.1) is 0 Å². The second-order valence-corrected chi connectivity index (χ2v) is 7.15. The molecule has 1 aliphatic rings. The molecule has 2 rings (SSSR count). The Kier molecular flexibility index (Phi) is 5.99. The van der Waals surface area contributed by atoms with Gasteiger partial charge in [0.05, 0.1) is 11.6 Å². The summed E-state index contributed by atoms with van der Waals surface area (Å²) in [5.41, 5.74) is 1.73. The zero-order valence-electron chi connectivity index (χ0n) is 14.8. The quantitative estimate of drug-likeness (QED) is 0.868. The number of amides is 2. The molecule has 1 fully saturated rings. The number of hydrogen-bond donors (Lipinski definition) is 2. The van der Waals surface area contributed by atoms with Crippen molar-refractivity contribution in [2.45, 2.75) is 58.1 Å². The SMILES string of the molecule is Cc1cccc(C(C)(C)NC(=O)CCC(=O)N2CCC(O)CC2)c1. The maximum atomic E-state index is 12.2. The van der Waals surface area contributed by atoms with Gasteiger partial charge in [0.2, 0.25) is 11.8 Å². The van der Waals surface area contributed by atoms with E-state index < -0.39 is 5.54 Å². The maximum absolute atomic E-state index is 12.2. The van der Waals surface area contributed by atoms with Crippen LogP contribution in [0.4, 0.5) is 0 Å². The van der Waals surface area contributed by atoms with E-state index in [0.29, 0.717) is 25.9 Å². The minimum Gasteiger partial charge on any atom is -0.393 e. The number of carbonyl (C=O) groups excluding carboxylic acids is 2. The van der Waals surface area contributed by atoms with Gasteiger partial charge in [-0.25, -0.2) is 0 Å². The molecule has 0 aliphatic carbocycles. The lowest BCUT2D eigenvalue weighted by Gasteiger charge is -2.30. The Hall–Kier alpha value is -1.88. The zero-order valence-corrected chi connectivity index (χ0v) is 14.8. The number of nitrogens with zero attached hydrogens (tertiary/aromatic N) is 1. The summed E-state index contributed by atoms with van der Waals surface area (Å²) >= 11 is 0. The summed E-state index contributed by atoms with van der Waals surface area (Å²) in [6.07, 6.45) is 1.35. The molecule has 2 N–H and O–H groups in total. The van der Waals surface area contributed by atoms with Crippen LogP contribution in [0.25, 0.3) is 0 Å². The molecule has 0 aromatic heterocycles. The number of rotatable bonds is 5. The third-order valence-electron chi connectivity index (χ3n) is 4.57. The maximum Gasteiger partial charge on any atom is 0.223 e. The Morgan fingerprint density at radius 3 is 2.54 bits per heavy atom. The number of aryl methyl sites for hydroxylation is 1. The number of hydrogen-bond acceptors (Lipinski definition) is 3. The van der Waals surface area contributed by atoms with E-state index in [1.54, 1.807) is 4.90 Å². The van der Waals surface area contributed by atoms with Crippen LogP contribution in [0.15, 0.2) is 24.3 Å². The summed E-state index contributed by atoms with van der Waals surface area (Å²) < 4.78 is 0. The van der Waals surface area contributed by atoms with Crippen molar-refractivity contribution in [3.05, 3.63) is 35.4 Å². The predicted octanol–water partition coefficient (Wildman–Crippen LogP) is 2.11. The van der Waals surface area contributed by atoms with Gasteiger partial charge in [0.1, 0.15) is 0 Å². The van der Waals surface area contributed by atoms with Gasteiger partial charge in [0, 0.05) is 25.9 Å². The van der Waals surface area contributed by atoms with Crippen molar-refractivity contribution in [3.63, 3.8) is 0 Å². The van der Waals surface area contributed by atoms with Crippen LogP contribution in [-0.4, -0.2) is 41.0 Å². The van der Waals surface area contributed by atoms with Crippen LogP contribution < -0.4 is 5.32 Å². The van der Waals surface area contributed by atoms with Gasteiger partial charge in [-0.2, -0.15) is 0 Å².